The zero-order valence-corrected chi connectivity index (χ0v) is 14.1. The van der Waals surface area contributed by atoms with Crippen LogP contribution in [0.3, 0.4) is 0 Å². The molecule has 0 radical (unpaired) electrons. The lowest BCUT2D eigenvalue weighted by atomic mass is 10.1. The van der Waals surface area contributed by atoms with Crippen molar-refractivity contribution in [3.05, 3.63) is 65.5 Å². The predicted molar refractivity (Wildman–Crippen MR) is 90.0 cm³/mol. The minimum atomic E-state index is -0.185. The van der Waals surface area contributed by atoms with E-state index in [0.717, 1.165) is 23.1 Å². The van der Waals surface area contributed by atoms with Crippen LogP contribution in [-0.4, -0.2) is 31.5 Å². The van der Waals surface area contributed by atoms with Crippen molar-refractivity contribution >= 4 is 5.91 Å². The maximum atomic E-state index is 11.2. The van der Waals surface area contributed by atoms with Gasteiger partial charge in [-0.1, -0.05) is 24.3 Å². The lowest BCUT2D eigenvalue weighted by Gasteiger charge is -2.23. The first-order chi connectivity index (χ1) is 10.9. The summed E-state index contributed by atoms with van der Waals surface area (Å²) in [7, 11) is 6.57. The first-order valence-electron chi connectivity index (χ1n) is 7.71. The molecule has 1 heterocycles. The average molecular weight is 314 g/mol. The maximum absolute atomic E-state index is 11.2. The van der Waals surface area contributed by atoms with Crippen LogP contribution in [0.15, 0.2) is 48.8 Å². The van der Waals surface area contributed by atoms with Crippen molar-refractivity contribution in [1.82, 2.24) is 5.43 Å². The molecular weight excluding hydrogens is 288 g/mol. The Morgan fingerprint density at radius 1 is 1.00 bits per heavy atom. The Bertz CT molecular complexity index is 642. The van der Waals surface area contributed by atoms with Gasteiger partial charge in [-0.3, -0.25) is 10.2 Å². The quantitative estimate of drug-likeness (QED) is 0.272. The van der Waals surface area contributed by atoms with E-state index >= 15 is 0 Å². The highest BCUT2D eigenvalue weighted by Crippen LogP contribution is 2.09. The Morgan fingerprint density at radius 2 is 1.57 bits per heavy atom. The second kappa shape index (κ2) is 7.35. The van der Waals surface area contributed by atoms with Gasteiger partial charge in [0.25, 0.3) is 0 Å². The molecule has 2 aromatic rings. The number of benzene rings is 1. The van der Waals surface area contributed by atoms with E-state index in [-0.39, 0.29) is 5.91 Å². The molecule has 0 aliphatic carbocycles. The number of aromatic nitrogens is 1. The molecule has 5 heteroatoms. The lowest BCUT2D eigenvalue weighted by Crippen LogP contribution is -2.34. The third kappa shape index (κ3) is 5.81. The van der Waals surface area contributed by atoms with Gasteiger partial charge in [-0.25, -0.2) is 10.4 Å². The number of hydrogen-bond donors (Lipinski definition) is 2. The Balaban J connectivity index is 1.98. The molecule has 1 aromatic heterocycles. The molecule has 0 saturated heterocycles. The first kappa shape index (κ1) is 17.1. The summed E-state index contributed by atoms with van der Waals surface area (Å²) in [6.07, 6.45) is 4.27. The number of pyridine rings is 1. The normalized spacial score (nSPS) is 11.3. The van der Waals surface area contributed by atoms with Gasteiger partial charge in [0.1, 0.15) is 6.54 Å². The van der Waals surface area contributed by atoms with Crippen molar-refractivity contribution in [2.45, 2.75) is 19.5 Å². The monoisotopic (exact) mass is 314 g/mol. The van der Waals surface area contributed by atoms with Crippen molar-refractivity contribution in [2.24, 2.45) is 5.84 Å². The maximum Gasteiger partial charge on any atom is 0.238 e. The van der Waals surface area contributed by atoms with Crippen molar-refractivity contribution in [2.75, 3.05) is 21.1 Å². The number of amides is 1. The fourth-order valence-electron chi connectivity index (χ4n) is 2.46. The van der Waals surface area contributed by atoms with Gasteiger partial charge < -0.3 is 4.48 Å². The number of carbonyl (C=O) groups is 1. The third-order valence-electron chi connectivity index (χ3n) is 3.53. The summed E-state index contributed by atoms with van der Waals surface area (Å²) in [6, 6.07) is 12.6. The molecule has 5 nitrogen and oxygen atoms in total. The van der Waals surface area contributed by atoms with Crippen LogP contribution in [0, 0.1) is 0 Å². The zero-order valence-electron chi connectivity index (χ0n) is 14.1. The lowest BCUT2D eigenvalue weighted by molar-refractivity contribution is -0.884. The number of nitrogens with zero attached hydrogens (tertiary/aromatic N) is 2. The van der Waals surface area contributed by atoms with E-state index in [1.54, 1.807) is 0 Å². The largest absolute Gasteiger partial charge is 0.327 e. The summed E-state index contributed by atoms with van der Waals surface area (Å²) in [5.41, 5.74) is 5.69. The zero-order chi connectivity index (χ0) is 16.9. The molecule has 122 valence electrons. The van der Waals surface area contributed by atoms with E-state index in [1.807, 2.05) is 24.5 Å². The molecule has 0 aliphatic rings. The molecular formula is C18H26N4O+2. The number of nitrogens with one attached hydrogen (secondary N) is 1. The molecule has 1 amide bonds. The van der Waals surface area contributed by atoms with Crippen LogP contribution in [0.1, 0.15) is 16.7 Å². The summed E-state index contributed by atoms with van der Waals surface area (Å²) in [5, 5.41) is 0. The van der Waals surface area contributed by atoms with Gasteiger partial charge in [-0.2, -0.15) is 0 Å². The Morgan fingerprint density at radius 3 is 2.09 bits per heavy atom. The molecule has 0 saturated carbocycles. The fraction of sp³-hybridized carbons (Fsp3) is 0.333. The second-order valence-corrected chi connectivity index (χ2v) is 6.89. The molecule has 0 unspecified atom stereocenters. The van der Waals surface area contributed by atoms with Gasteiger partial charge in [0.05, 0.1) is 27.6 Å². The molecule has 3 N–H and O–H groups in total. The summed E-state index contributed by atoms with van der Waals surface area (Å²) >= 11 is 0. The smallest absolute Gasteiger partial charge is 0.238 e. The van der Waals surface area contributed by atoms with Gasteiger partial charge in [0, 0.05) is 23.3 Å². The van der Waals surface area contributed by atoms with Crippen LogP contribution in [0.25, 0.3) is 0 Å². The molecule has 2 rings (SSSR count). The number of hydrazine groups is 1. The molecule has 23 heavy (non-hydrogen) atoms. The SMILES string of the molecule is C[N+](C)(C)Cc1ccc(C[n+]2ccc(CC(=O)NN)cc2)cc1. The fourth-order valence-corrected chi connectivity index (χ4v) is 2.46. The summed E-state index contributed by atoms with van der Waals surface area (Å²) in [5.74, 6) is 4.91. The van der Waals surface area contributed by atoms with Crippen LogP contribution in [0.2, 0.25) is 0 Å². The number of quaternary nitrogens is 1. The number of carbonyl (C=O) groups excluding carboxylic acids is 1. The van der Waals surface area contributed by atoms with Crippen molar-refractivity contribution in [3.8, 4) is 0 Å². The highest BCUT2D eigenvalue weighted by molar-refractivity contribution is 5.77. The van der Waals surface area contributed by atoms with Crippen molar-refractivity contribution < 1.29 is 13.8 Å². The Hall–Kier alpha value is -2.24. The minimum Gasteiger partial charge on any atom is -0.327 e. The predicted octanol–water partition coefficient (Wildman–Crippen LogP) is 0.761. The number of hydrogen-bond acceptors (Lipinski definition) is 2. The average Bonchev–Trinajstić information content (AvgIpc) is 2.49. The molecule has 0 aliphatic heterocycles. The second-order valence-electron chi connectivity index (χ2n) is 6.89. The van der Waals surface area contributed by atoms with Crippen LogP contribution >= 0.6 is 0 Å². The Kier molecular flexibility index (Phi) is 5.47. The van der Waals surface area contributed by atoms with E-state index in [0.29, 0.717) is 6.42 Å². The Labute approximate surface area is 137 Å². The van der Waals surface area contributed by atoms with Crippen molar-refractivity contribution in [3.63, 3.8) is 0 Å². The molecule has 0 bridgehead atoms. The van der Waals surface area contributed by atoms with Gasteiger partial charge >= 0.3 is 0 Å². The highest BCUT2D eigenvalue weighted by Gasteiger charge is 2.09. The van der Waals surface area contributed by atoms with Crippen molar-refractivity contribution in [1.29, 1.82) is 0 Å². The van der Waals surface area contributed by atoms with E-state index in [4.69, 9.17) is 5.84 Å². The van der Waals surface area contributed by atoms with E-state index in [9.17, 15) is 4.79 Å². The minimum absolute atomic E-state index is 0.185. The van der Waals surface area contributed by atoms with Crippen LogP contribution in [0.4, 0.5) is 0 Å². The van der Waals surface area contributed by atoms with Gasteiger partial charge in [0.2, 0.25) is 5.91 Å². The summed E-state index contributed by atoms with van der Waals surface area (Å²) in [6.45, 7) is 1.83. The molecule has 1 aromatic carbocycles. The van der Waals surface area contributed by atoms with Crippen LogP contribution < -0.4 is 15.8 Å². The molecule has 0 atom stereocenters. The molecule has 0 fully saturated rings. The summed E-state index contributed by atoms with van der Waals surface area (Å²) in [4.78, 5) is 11.2. The third-order valence-corrected chi connectivity index (χ3v) is 3.53. The van der Waals surface area contributed by atoms with E-state index < -0.39 is 0 Å². The van der Waals surface area contributed by atoms with Gasteiger partial charge in [0.15, 0.2) is 18.9 Å². The first-order valence-corrected chi connectivity index (χ1v) is 7.71. The van der Waals surface area contributed by atoms with Gasteiger partial charge in [-0.15, -0.1) is 0 Å². The number of nitrogens with two attached hydrogens (primary N) is 1. The number of rotatable bonds is 6. The topological polar surface area (TPSA) is 59.0 Å². The van der Waals surface area contributed by atoms with Crippen LogP contribution in [-0.2, 0) is 24.3 Å². The highest BCUT2D eigenvalue weighted by atomic mass is 16.2. The van der Waals surface area contributed by atoms with Gasteiger partial charge in [-0.05, 0) is 5.56 Å². The standard InChI is InChI=1S/C18H25N4O/c1-22(2,3)14-17-6-4-16(5-7-17)13-21-10-8-15(9-11-21)12-18(23)20-19/h4-11H,12-14,19H2,1-3H3/q+1/p+1. The van der Waals surface area contributed by atoms with Crippen LogP contribution in [0.5, 0.6) is 0 Å². The molecule has 0 spiro atoms. The van der Waals surface area contributed by atoms with E-state index in [1.165, 1.54) is 11.1 Å². The van der Waals surface area contributed by atoms with E-state index in [2.05, 4.69) is 55.4 Å². The summed E-state index contributed by atoms with van der Waals surface area (Å²) < 4.78 is 3.02.